The SMILES string of the molecule is CC(C)C1CN(C(=O)CCCN(C)C)CCC(=O)N1Cc1ccc(F)cc1. The van der Waals surface area contributed by atoms with Crippen LogP contribution in [0.3, 0.4) is 0 Å². The fourth-order valence-electron chi connectivity index (χ4n) is 3.47. The second-order valence-corrected chi connectivity index (χ2v) is 7.96. The van der Waals surface area contributed by atoms with Gasteiger partial charge in [-0.25, -0.2) is 4.39 Å². The van der Waals surface area contributed by atoms with Gasteiger partial charge in [-0.3, -0.25) is 9.59 Å². The summed E-state index contributed by atoms with van der Waals surface area (Å²) in [7, 11) is 3.99. The van der Waals surface area contributed by atoms with Gasteiger partial charge >= 0.3 is 0 Å². The summed E-state index contributed by atoms with van der Waals surface area (Å²) in [5.41, 5.74) is 0.904. The number of nitrogens with zero attached hydrogens (tertiary/aromatic N) is 3. The summed E-state index contributed by atoms with van der Waals surface area (Å²) in [6.07, 6.45) is 1.67. The summed E-state index contributed by atoms with van der Waals surface area (Å²) in [5, 5.41) is 0. The van der Waals surface area contributed by atoms with Gasteiger partial charge in [0, 0.05) is 32.5 Å². The number of hydrogen-bond acceptors (Lipinski definition) is 3. The fraction of sp³-hybridized carbons (Fsp3) is 0.619. The summed E-state index contributed by atoms with van der Waals surface area (Å²) >= 11 is 0. The third-order valence-corrected chi connectivity index (χ3v) is 5.11. The quantitative estimate of drug-likeness (QED) is 0.734. The van der Waals surface area contributed by atoms with Crippen molar-refractivity contribution in [3.63, 3.8) is 0 Å². The van der Waals surface area contributed by atoms with Crippen LogP contribution in [-0.2, 0) is 16.1 Å². The van der Waals surface area contributed by atoms with E-state index in [1.54, 1.807) is 12.1 Å². The van der Waals surface area contributed by atoms with E-state index in [-0.39, 0.29) is 29.6 Å². The molecule has 1 fully saturated rings. The topological polar surface area (TPSA) is 43.9 Å². The van der Waals surface area contributed by atoms with Gasteiger partial charge in [0.1, 0.15) is 5.82 Å². The Morgan fingerprint density at radius 3 is 2.52 bits per heavy atom. The molecule has 1 aromatic rings. The molecule has 2 amide bonds. The number of hydrogen-bond donors (Lipinski definition) is 0. The molecule has 2 rings (SSSR count). The standard InChI is InChI=1S/C21H32FN3O2/c1-16(2)19-15-24(20(26)6-5-12-23(3)4)13-11-21(27)25(19)14-17-7-9-18(22)10-8-17/h7-10,16,19H,5-6,11-15H2,1-4H3. The maximum absolute atomic E-state index is 13.2. The molecule has 0 bridgehead atoms. The van der Waals surface area contributed by atoms with Crippen LogP contribution in [-0.4, -0.2) is 66.3 Å². The highest BCUT2D eigenvalue weighted by Gasteiger charge is 2.33. The minimum absolute atomic E-state index is 0.0390. The van der Waals surface area contributed by atoms with Crippen molar-refractivity contribution in [2.24, 2.45) is 5.92 Å². The van der Waals surface area contributed by atoms with Crippen molar-refractivity contribution in [2.75, 3.05) is 33.7 Å². The smallest absolute Gasteiger partial charge is 0.224 e. The normalized spacial score (nSPS) is 18.3. The van der Waals surface area contributed by atoms with Crippen LogP contribution in [0.15, 0.2) is 24.3 Å². The molecule has 0 saturated carbocycles. The number of benzene rings is 1. The van der Waals surface area contributed by atoms with E-state index in [0.29, 0.717) is 32.5 Å². The molecule has 0 N–H and O–H groups in total. The van der Waals surface area contributed by atoms with Crippen molar-refractivity contribution in [1.82, 2.24) is 14.7 Å². The molecule has 1 atom stereocenters. The predicted molar refractivity (Wildman–Crippen MR) is 105 cm³/mol. The largest absolute Gasteiger partial charge is 0.340 e. The van der Waals surface area contributed by atoms with Crippen LogP contribution in [0.25, 0.3) is 0 Å². The van der Waals surface area contributed by atoms with E-state index in [4.69, 9.17) is 0 Å². The van der Waals surface area contributed by atoms with Crippen LogP contribution >= 0.6 is 0 Å². The number of halogens is 1. The van der Waals surface area contributed by atoms with Gasteiger partial charge in [-0.05, 0) is 50.7 Å². The minimum Gasteiger partial charge on any atom is -0.340 e. The zero-order chi connectivity index (χ0) is 20.0. The lowest BCUT2D eigenvalue weighted by Gasteiger charge is -2.35. The fourth-order valence-corrected chi connectivity index (χ4v) is 3.47. The van der Waals surface area contributed by atoms with Crippen LogP contribution in [0, 0.1) is 11.7 Å². The van der Waals surface area contributed by atoms with E-state index in [9.17, 15) is 14.0 Å². The zero-order valence-electron chi connectivity index (χ0n) is 16.9. The molecule has 5 nitrogen and oxygen atoms in total. The first-order chi connectivity index (χ1) is 12.8. The van der Waals surface area contributed by atoms with E-state index < -0.39 is 0 Å². The molecular formula is C21H32FN3O2. The predicted octanol–water partition coefficient (Wildman–Crippen LogP) is 2.75. The van der Waals surface area contributed by atoms with Crippen LogP contribution in [0.2, 0.25) is 0 Å². The Labute approximate surface area is 162 Å². The highest BCUT2D eigenvalue weighted by atomic mass is 19.1. The number of carbonyl (C=O) groups excluding carboxylic acids is 2. The second kappa shape index (κ2) is 9.83. The third-order valence-electron chi connectivity index (χ3n) is 5.11. The Morgan fingerprint density at radius 2 is 1.93 bits per heavy atom. The molecule has 0 spiro atoms. The molecule has 1 unspecified atom stereocenters. The Balaban J connectivity index is 2.08. The first-order valence-electron chi connectivity index (χ1n) is 9.74. The maximum atomic E-state index is 13.2. The number of carbonyl (C=O) groups is 2. The number of rotatable bonds is 7. The molecule has 0 aromatic heterocycles. The average Bonchev–Trinajstić information content (AvgIpc) is 2.76. The summed E-state index contributed by atoms with van der Waals surface area (Å²) in [6.45, 7) is 6.52. The molecule has 6 heteroatoms. The molecular weight excluding hydrogens is 345 g/mol. The summed E-state index contributed by atoms with van der Waals surface area (Å²) in [6, 6.07) is 6.23. The Hall–Kier alpha value is -1.95. The van der Waals surface area contributed by atoms with Gasteiger partial charge < -0.3 is 14.7 Å². The van der Waals surface area contributed by atoms with E-state index in [2.05, 4.69) is 18.7 Å². The average molecular weight is 378 g/mol. The molecule has 0 aliphatic carbocycles. The molecule has 1 aromatic carbocycles. The molecule has 1 heterocycles. The summed E-state index contributed by atoms with van der Waals surface area (Å²) in [5.74, 6) is 0.126. The van der Waals surface area contributed by atoms with Gasteiger partial charge in [-0.1, -0.05) is 26.0 Å². The van der Waals surface area contributed by atoms with E-state index in [0.717, 1.165) is 18.5 Å². The maximum Gasteiger partial charge on any atom is 0.224 e. The van der Waals surface area contributed by atoms with Crippen molar-refractivity contribution < 1.29 is 14.0 Å². The highest BCUT2D eigenvalue weighted by Crippen LogP contribution is 2.21. The van der Waals surface area contributed by atoms with Crippen molar-refractivity contribution in [1.29, 1.82) is 0 Å². The lowest BCUT2D eigenvalue weighted by Crippen LogP contribution is -2.47. The lowest BCUT2D eigenvalue weighted by molar-refractivity contribution is -0.134. The van der Waals surface area contributed by atoms with Gasteiger partial charge in [0.2, 0.25) is 11.8 Å². The highest BCUT2D eigenvalue weighted by molar-refractivity contribution is 5.80. The third kappa shape index (κ3) is 6.31. The van der Waals surface area contributed by atoms with E-state index >= 15 is 0 Å². The van der Waals surface area contributed by atoms with Crippen molar-refractivity contribution >= 4 is 11.8 Å². The molecule has 1 saturated heterocycles. The molecule has 1 aliphatic heterocycles. The van der Waals surface area contributed by atoms with Crippen LogP contribution < -0.4 is 0 Å². The van der Waals surface area contributed by atoms with Gasteiger partial charge in [-0.15, -0.1) is 0 Å². The van der Waals surface area contributed by atoms with Crippen LogP contribution in [0.1, 0.15) is 38.7 Å². The summed E-state index contributed by atoms with van der Waals surface area (Å²) in [4.78, 5) is 31.2. The first kappa shape index (κ1) is 21.4. The lowest BCUT2D eigenvalue weighted by atomic mass is 10.0. The van der Waals surface area contributed by atoms with Crippen molar-refractivity contribution in [3.05, 3.63) is 35.6 Å². The Kier molecular flexibility index (Phi) is 7.78. The second-order valence-electron chi connectivity index (χ2n) is 7.96. The molecule has 150 valence electrons. The first-order valence-corrected chi connectivity index (χ1v) is 9.74. The zero-order valence-corrected chi connectivity index (χ0v) is 16.9. The molecule has 27 heavy (non-hydrogen) atoms. The van der Waals surface area contributed by atoms with E-state index in [1.807, 2.05) is 23.9 Å². The van der Waals surface area contributed by atoms with E-state index in [1.165, 1.54) is 12.1 Å². The Bertz CT molecular complexity index is 631. The van der Waals surface area contributed by atoms with Gasteiger partial charge in [0.15, 0.2) is 0 Å². The molecule has 1 aliphatic rings. The Morgan fingerprint density at radius 1 is 1.26 bits per heavy atom. The van der Waals surface area contributed by atoms with Crippen LogP contribution in [0.5, 0.6) is 0 Å². The van der Waals surface area contributed by atoms with Gasteiger partial charge in [0.05, 0.1) is 6.04 Å². The van der Waals surface area contributed by atoms with Crippen molar-refractivity contribution in [2.45, 2.75) is 45.7 Å². The summed E-state index contributed by atoms with van der Waals surface area (Å²) < 4.78 is 13.2. The van der Waals surface area contributed by atoms with Gasteiger partial charge in [0.25, 0.3) is 0 Å². The van der Waals surface area contributed by atoms with Crippen LogP contribution in [0.4, 0.5) is 4.39 Å². The van der Waals surface area contributed by atoms with Crippen molar-refractivity contribution in [3.8, 4) is 0 Å². The number of amides is 2. The minimum atomic E-state index is -0.282. The van der Waals surface area contributed by atoms with Gasteiger partial charge in [-0.2, -0.15) is 0 Å². The molecule has 0 radical (unpaired) electrons. The monoisotopic (exact) mass is 377 g/mol.